The third-order valence-corrected chi connectivity index (χ3v) is 6.37. The van der Waals surface area contributed by atoms with Crippen LogP contribution in [0.1, 0.15) is 27.7 Å². The molecule has 0 spiro atoms. The third kappa shape index (κ3) is 3.73. The minimum atomic E-state index is -1.93. The Balaban J connectivity index is 1.92. The molecule has 2 aromatic carbocycles. The highest BCUT2D eigenvalue weighted by molar-refractivity contribution is 6.31. The number of Topliss-reactive ketones (excluding diaryl/α,β-unsaturated/α-hetero) is 1. The smallest absolute Gasteiger partial charge is 0.318 e. The lowest BCUT2D eigenvalue weighted by Gasteiger charge is -2.37. The van der Waals surface area contributed by atoms with Gasteiger partial charge in [-0.3, -0.25) is 19.2 Å². The van der Waals surface area contributed by atoms with E-state index in [-0.39, 0.29) is 12.3 Å². The second-order valence-electron chi connectivity index (χ2n) is 8.46. The molecule has 3 atom stereocenters. The molecule has 180 valence electrons. The number of amides is 2. The number of carbonyl (C=O) groups is 4. The monoisotopic (exact) mass is 474 g/mol. The molecule has 35 heavy (non-hydrogen) atoms. The van der Waals surface area contributed by atoms with E-state index in [1.807, 2.05) is 0 Å². The zero-order valence-electron chi connectivity index (χ0n) is 20.0. The summed E-state index contributed by atoms with van der Waals surface area (Å²) in [5.41, 5.74) is -0.508. The van der Waals surface area contributed by atoms with Crippen molar-refractivity contribution in [2.45, 2.75) is 27.7 Å². The van der Waals surface area contributed by atoms with E-state index in [9.17, 15) is 19.2 Å². The highest BCUT2D eigenvalue weighted by Gasteiger charge is 2.68. The highest BCUT2D eigenvalue weighted by atomic mass is 16.5. The average Bonchev–Trinajstić information content (AvgIpc) is 3.28. The van der Waals surface area contributed by atoms with Gasteiger partial charge in [-0.25, -0.2) is 5.01 Å². The Labute approximate surface area is 203 Å². The van der Waals surface area contributed by atoms with Crippen LogP contribution >= 0.6 is 0 Å². The van der Waals surface area contributed by atoms with Crippen LogP contribution in [0, 0.1) is 17.3 Å². The van der Waals surface area contributed by atoms with E-state index in [1.165, 1.54) is 11.9 Å². The maximum absolute atomic E-state index is 14.2. The summed E-state index contributed by atoms with van der Waals surface area (Å²) in [5.74, 6) is -5.47. The zero-order valence-corrected chi connectivity index (χ0v) is 20.0. The van der Waals surface area contributed by atoms with Crippen LogP contribution < -0.4 is 10.0 Å². The second-order valence-corrected chi connectivity index (χ2v) is 8.46. The number of carbonyl (C=O) groups excluding carboxylic acids is 4. The van der Waals surface area contributed by atoms with E-state index in [0.29, 0.717) is 17.1 Å². The molecule has 0 N–H and O–H groups in total. The summed E-state index contributed by atoms with van der Waals surface area (Å²) in [7, 11) is 0. The summed E-state index contributed by atoms with van der Waals surface area (Å²) in [4.78, 5) is 54.3. The Morgan fingerprint density at radius 3 is 2.00 bits per heavy atom. The van der Waals surface area contributed by atoms with Gasteiger partial charge in [0, 0.05) is 5.71 Å². The van der Waals surface area contributed by atoms with Crippen LogP contribution in [0.5, 0.6) is 0 Å². The summed E-state index contributed by atoms with van der Waals surface area (Å²) in [6.07, 6.45) is 0. The first-order valence-corrected chi connectivity index (χ1v) is 11.3. The van der Waals surface area contributed by atoms with Crippen LogP contribution in [0.25, 0.3) is 0 Å². The molecule has 0 unspecified atom stereocenters. The van der Waals surface area contributed by atoms with Crippen molar-refractivity contribution >= 4 is 46.4 Å². The first-order valence-electron chi connectivity index (χ1n) is 11.3. The molecule has 2 heterocycles. The largest absolute Gasteiger partial charge is 0.465 e. The van der Waals surface area contributed by atoms with Crippen LogP contribution in [0.3, 0.4) is 0 Å². The van der Waals surface area contributed by atoms with Gasteiger partial charge in [0.1, 0.15) is 23.0 Å². The van der Waals surface area contributed by atoms with Gasteiger partial charge < -0.3 is 4.74 Å². The normalized spacial score (nSPS) is 22.7. The van der Waals surface area contributed by atoms with E-state index in [2.05, 4.69) is 10.2 Å². The molecule has 0 bridgehead atoms. The molecular weight excluding hydrogens is 448 g/mol. The summed E-state index contributed by atoms with van der Waals surface area (Å²) in [6.45, 7) is 6.01. The molecule has 2 amide bonds. The van der Waals surface area contributed by atoms with Gasteiger partial charge in [0.15, 0.2) is 0 Å². The van der Waals surface area contributed by atoms with Crippen LogP contribution in [0.2, 0.25) is 0 Å². The Kier molecular flexibility index (Phi) is 6.34. The Morgan fingerprint density at radius 2 is 1.49 bits per heavy atom. The number of anilines is 2. The van der Waals surface area contributed by atoms with Crippen molar-refractivity contribution in [3.8, 4) is 0 Å². The highest BCUT2D eigenvalue weighted by Crippen LogP contribution is 2.49. The summed E-state index contributed by atoms with van der Waals surface area (Å²) in [5, 5.41) is 11.3. The Hall–Kier alpha value is -4.14. The molecule has 2 aliphatic heterocycles. The fourth-order valence-electron chi connectivity index (χ4n) is 4.93. The molecule has 0 aliphatic carbocycles. The van der Waals surface area contributed by atoms with Gasteiger partial charge in [0.2, 0.25) is 0 Å². The van der Waals surface area contributed by atoms with Crippen molar-refractivity contribution in [3.63, 3.8) is 0 Å². The van der Waals surface area contributed by atoms with E-state index in [1.54, 1.807) is 81.4 Å². The van der Waals surface area contributed by atoms with E-state index >= 15 is 0 Å². The van der Waals surface area contributed by atoms with Crippen molar-refractivity contribution in [1.29, 1.82) is 0 Å². The first kappa shape index (κ1) is 24.0. The second kappa shape index (κ2) is 9.25. The topological polar surface area (TPSA) is 109 Å². The van der Waals surface area contributed by atoms with Crippen LogP contribution in [-0.2, 0) is 23.9 Å². The summed E-state index contributed by atoms with van der Waals surface area (Å²) in [6, 6.07) is 17.4. The molecule has 4 rings (SSSR count). The number of esters is 1. The maximum Gasteiger partial charge on any atom is 0.318 e. The van der Waals surface area contributed by atoms with Crippen molar-refractivity contribution in [2.75, 3.05) is 16.6 Å². The average molecular weight is 475 g/mol. The number of rotatable bonds is 7. The maximum atomic E-state index is 14.2. The Bertz CT molecular complexity index is 1240. The van der Waals surface area contributed by atoms with Crippen molar-refractivity contribution in [1.82, 2.24) is 0 Å². The van der Waals surface area contributed by atoms with Gasteiger partial charge in [0.25, 0.3) is 11.8 Å². The number of ketones is 1. The lowest BCUT2D eigenvalue weighted by Crippen LogP contribution is -2.59. The molecule has 2 aliphatic rings. The molecule has 0 saturated heterocycles. The predicted molar refractivity (Wildman–Crippen MR) is 131 cm³/mol. The first-order chi connectivity index (χ1) is 16.7. The number of ether oxygens (including phenoxy) is 1. The summed E-state index contributed by atoms with van der Waals surface area (Å²) >= 11 is 0. The number of hydrazone groups is 2. The van der Waals surface area contributed by atoms with Gasteiger partial charge in [-0.2, -0.15) is 15.2 Å². The molecule has 0 radical (unpaired) electrons. The standard InChI is InChI=1S/C26H26N4O5/c1-5-35-24(33)22(17(3)31)26(18(4)28-30(25(26)34)20-14-10-7-11-15-20)21-16(2)27-29(23(21)32)19-12-8-6-9-13-19/h6-15,21-22H,5H2,1-4H3/t21-,22+,26+/m1/s1. The SMILES string of the molecule is CCOC(=O)[C@H](C(C)=O)[C@]1([C@H]2C(=O)N(c3ccccc3)N=C2C)C(=O)N(c2ccccc2)N=C1C. The molecule has 2 aromatic rings. The minimum absolute atomic E-state index is 0.00724. The fraction of sp³-hybridized carbons (Fsp3) is 0.308. The molecular formula is C26H26N4O5. The molecule has 0 saturated carbocycles. The van der Waals surface area contributed by atoms with Crippen LogP contribution in [0.15, 0.2) is 70.9 Å². The van der Waals surface area contributed by atoms with Crippen molar-refractivity contribution in [3.05, 3.63) is 60.7 Å². The van der Waals surface area contributed by atoms with Gasteiger partial charge >= 0.3 is 5.97 Å². The number of benzene rings is 2. The molecule has 9 nitrogen and oxygen atoms in total. The lowest BCUT2D eigenvalue weighted by atomic mass is 9.60. The van der Waals surface area contributed by atoms with Crippen LogP contribution in [0.4, 0.5) is 11.4 Å². The number of hydrogen-bond acceptors (Lipinski definition) is 7. The number of hydrogen-bond donors (Lipinski definition) is 0. The van der Waals surface area contributed by atoms with Gasteiger partial charge in [-0.15, -0.1) is 0 Å². The van der Waals surface area contributed by atoms with E-state index in [4.69, 9.17) is 4.74 Å². The predicted octanol–water partition coefficient (Wildman–Crippen LogP) is 3.20. The number of para-hydroxylation sites is 2. The van der Waals surface area contributed by atoms with Gasteiger partial charge in [-0.05, 0) is 52.0 Å². The molecule has 0 aromatic heterocycles. The van der Waals surface area contributed by atoms with E-state index in [0.717, 1.165) is 5.01 Å². The van der Waals surface area contributed by atoms with Crippen molar-refractivity contribution in [2.24, 2.45) is 27.5 Å². The number of nitrogens with zero attached hydrogens (tertiary/aromatic N) is 4. The molecule has 9 heteroatoms. The quantitative estimate of drug-likeness (QED) is 0.452. The van der Waals surface area contributed by atoms with Gasteiger partial charge in [-0.1, -0.05) is 36.4 Å². The van der Waals surface area contributed by atoms with Gasteiger partial charge in [0.05, 0.1) is 23.7 Å². The molecule has 0 fully saturated rings. The van der Waals surface area contributed by atoms with Crippen LogP contribution in [-0.4, -0.2) is 41.6 Å². The lowest BCUT2D eigenvalue weighted by molar-refractivity contribution is -0.159. The minimum Gasteiger partial charge on any atom is -0.465 e. The van der Waals surface area contributed by atoms with Crippen molar-refractivity contribution < 1.29 is 23.9 Å². The zero-order chi connectivity index (χ0) is 25.3. The summed E-state index contributed by atoms with van der Waals surface area (Å²) < 4.78 is 5.23. The van der Waals surface area contributed by atoms with E-state index < -0.39 is 40.8 Å². The Morgan fingerprint density at radius 1 is 0.943 bits per heavy atom. The third-order valence-electron chi connectivity index (χ3n) is 6.37. The fourth-order valence-corrected chi connectivity index (χ4v) is 4.93.